The molecule has 126 valence electrons. The first-order valence-corrected chi connectivity index (χ1v) is 8.31. The van der Waals surface area contributed by atoms with Crippen molar-refractivity contribution in [3.63, 3.8) is 0 Å². The molecular weight excluding hydrogens is 314 g/mol. The number of rotatable bonds is 3. The Kier molecular flexibility index (Phi) is 3.98. The smallest absolute Gasteiger partial charge is 0.255 e. The fraction of sp³-hybridized carbons (Fsp3) is 0.200. The number of ether oxygens (including phenoxy) is 1. The van der Waals surface area contributed by atoms with Crippen LogP contribution in [0.2, 0.25) is 0 Å². The van der Waals surface area contributed by atoms with E-state index in [-0.39, 0.29) is 11.9 Å². The highest BCUT2D eigenvalue weighted by Crippen LogP contribution is 2.25. The van der Waals surface area contributed by atoms with Gasteiger partial charge in [-0.05, 0) is 18.1 Å². The van der Waals surface area contributed by atoms with Crippen LogP contribution >= 0.6 is 0 Å². The van der Waals surface area contributed by atoms with Crippen LogP contribution in [-0.2, 0) is 13.5 Å². The molecule has 5 nitrogen and oxygen atoms in total. The number of nitrogens with zero attached hydrogens (tertiary/aromatic N) is 2. The molecule has 25 heavy (non-hydrogen) atoms. The van der Waals surface area contributed by atoms with Gasteiger partial charge in [0.2, 0.25) is 0 Å². The Hall–Kier alpha value is -3.08. The summed E-state index contributed by atoms with van der Waals surface area (Å²) in [6.45, 7) is 0.476. The van der Waals surface area contributed by atoms with Crippen molar-refractivity contribution in [2.75, 3.05) is 6.61 Å². The number of carbonyl (C=O) groups excluding carboxylic acids is 1. The Morgan fingerprint density at radius 3 is 2.76 bits per heavy atom. The molecule has 0 fully saturated rings. The second-order valence-corrected chi connectivity index (χ2v) is 6.19. The first kappa shape index (κ1) is 15.4. The third-order valence-electron chi connectivity index (χ3n) is 4.44. The summed E-state index contributed by atoms with van der Waals surface area (Å²) in [6, 6.07) is 17.7. The Labute approximate surface area is 146 Å². The van der Waals surface area contributed by atoms with Gasteiger partial charge in [0.15, 0.2) is 0 Å². The standard InChI is InChI=1S/C20H19N3O2/c1-23-19(14-7-3-2-4-8-14)17(12-21-23)20(24)22-16-11-15-9-5-6-10-18(15)25-13-16/h2-10,12,16H,11,13H2,1H3,(H,22,24)/t16-/m1/s1. The average molecular weight is 333 g/mol. The van der Waals surface area contributed by atoms with Crippen LogP contribution in [0.3, 0.4) is 0 Å². The van der Waals surface area contributed by atoms with Gasteiger partial charge in [-0.15, -0.1) is 0 Å². The molecule has 0 radical (unpaired) electrons. The van der Waals surface area contributed by atoms with Gasteiger partial charge in [-0.1, -0.05) is 48.5 Å². The number of para-hydroxylation sites is 1. The number of carbonyl (C=O) groups is 1. The fourth-order valence-electron chi connectivity index (χ4n) is 3.23. The maximum atomic E-state index is 12.8. The number of nitrogens with one attached hydrogen (secondary N) is 1. The molecule has 0 unspecified atom stereocenters. The highest BCUT2D eigenvalue weighted by molar-refractivity contribution is 6.00. The van der Waals surface area contributed by atoms with Crippen molar-refractivity contribution in [2.24, 2.45) is 7.05 Å². The molecule has 1 aliphatic heterocycles. The van der Waals surface area contributed by atoms with E-state index in [0.29, 0.717) is 12.2 Å². The number of hydrogen-bond acceptors (Lipinski definition) is 3. The fourth-order valence-corrected chi connectivity index (χ4v) is 3.23. The van der Waals surface area contributed by atoms with Crippen LogP contribution < -0.4 is 10.1 Å². The molecule has 1 aliphatic rings. The Morgan fingerprint density at radius 1 is 1.16 bits per heavy atom. The van der Waals surface area contributed by atoms with Gasteiger partial charge in [0.1, 0.15) is 12.4 Å². The van der Waals surface area contributed by atoms with E-state index < -0.39 is 0 Å². The first-order valence-electron chi connectivity index (χ1n) is 8.31. The summed E-state index contributed by atoms with van der Waals surface area (Å²) >= 11 is 0. The van der Waals surface area contributed by atoms with E-state index >= 15 is 0 Å². The minimum absolute atomic E-state index is 0.0498. The minimum Gasteiger partial charge on any atom is -0.491 e. The zero-order valence-electron chi connectivity index (χ0n) is 14.0. The lowest BCUT2D eigenvalue weighted by Crippen LogP contribution is -2.42. The van der Waals surface area contributed by atoms with Crippen LogP contribution in [0.15, 0.2) is 60.8 Å². The molecule has 3 aromatic rings. The molecule has 4 rings (SSSR count). The second-order valence-electron chi connectivity index (χ2n) is 6.19. The Bertz CT molecular complexity index is 902. The Morgan fingerprint density at radius 2 is 1.92 bits per heavy atom. The number of amides is 1. The first-order chi connectivity index (χ1) is 12.2. The molecule has 1 atom stereocenters. The third kappa shape index (κ3) is 3.01. The van der Waals surface area contributed by atoms with Crippen LogP contribution in [0.1, 0.15) is 15.9 Å². The quantitative estimate of drug-likeness (QED) is 0.802. The van der Waals surface area contributed by atoms with E-state index in [1.165, 1.54) is 0 Å². The highest BCUT2D eigenvalue weighted by Gasteiger charge is 2.24. The zero-order valence-corrected chi connectivity index (χ0v) is 14.0. The lowest BCUT2D eigenvalue weighted by Gasteiger charge is -2.26. The van der Waals surface area contributed by atoms with E-state index in [9.17, 15) is 4.79 Å². The van der Waals surface area contributed by atoms with Gasteiger partial charge in [-0.3, -0.25) is 9.48 Å². The molecule has 1 amide bonds. The normalized spacial score (nSPS) is 16.0. The van der Waals surface area contributed by atoms with Crippen molar-refractivity contribution in [2.45, 2.75) is 12.5 Å². The van der Waals surface area contributed by atoms with E-state index in [4.69, 9.17) is 4.74 Å². The maximum absolute atomic E-state index is 12.8. The van der Waals surface area contributed by atoms with Crippen molar-refractivity contribution in [3.8, 4) is 17.0 Å². The zero-order chi connectivity index (χ0) is 17.2. The molecule has 0 aliphatic carbocycles. The summed E-state index contributed by atoms with van der Waals surface area (Å²) < 4.78 is 7.49. The van der Waals surface area contributed by atoms with E-state index in [2.05, 4.69) is 10.4 Å². The average Bonchev–Trinajstić information content (AvgIpc) is 3.04. The molecule has 1 aromatic heterocycles. The number of hydrogen-bond donors (Lipinski definition) is 1. The summed E-state index contributed by atoms with van der Waals surface area (Å²) in [4.78, 5) is 12.8. The van der Waals surface area contributed by atoms with Crippen LogP contribution in [0, 0.1) is 0 Å². The van der Waals surface area contributed by atoms with Crippen LogP contribution in [0.4, 0.5) is 0 Å². The van der Waals surface area contributed by atoms with Crippen molar-refractivity contribution >= 4 is 5.91 Å². The Balaban J connectivity index is 1.55. The van der Waals surface area contributed by atoms with Gasteiger partial charge in [0.25, 0.3) is 5.91 Å². The molecule has 0 bridgehead atoms. The lowest BCUT2D eigenvalue weighted by atomic mass is 10.0. The van der Waals surface area contributed by atoms with Gasteiger partial charge in [0.05, 0.1) is 23.5 Å². The molecule has 0 spiro atoms. The van der Waals surface area contributed by atoms with Gasteiger partial charge < -0.3 is 10.1 Å². The SMILES string of the molecule is Cn1ncc(C(=O)N[C@H]2COc3ccccc3C2)c1-c1ccccc1. The predicted octanol–water partition coefficient (Wildman–Crippen LogP) is 2.82. The van der Waals surface area contributed by atoms with Crippen molar-refractivity contribution < 1.29 is 9.53 Å². The van der Waals surface area contributed by atoms with Gasteiger partial charge in [0, 0.05) is 12.6 Å². The second kappa shape index (κ2) is 6.43. The molecule has 1 N–H and O–H groups in total. The monoisotopic (exact) mass is 333 g/mol. The topological polar surface area (TPSA) is 56.2 Å². The van der Waals surface area contributed by atoms with Crippen molar-refractivity contribution in [1.29, 1.82) is 0 Å². The van der Waals surface area contributed by atoms with E-state index in [0.717, 1.165) is 29.0 Å². The largest absolute Gasteiger partial charge is 0.491 e. The van der Waals surface area contributed by atoms with Crippen molar-refractivity contribution in [3.05, 3.63) is 71.9 Å². The van der Waals surface area contributed by atoms with E-state index in [1.807, 2.05) is 61.6 Å². The minimum atomic E-state index is -0.125. The number of aromatic nitrogens is 2. The molecule has 2 aromatic carbocycles. The van der Waals surface area contributed by atoms with Crippen molar-refractivity contribution in [1.82, 2.24) is 15.1 Å². The summed E-state index contributed by atoms with van der Waals surface area (Å²) in [5.74, 6) is 0.777. The van der Waals surface area contributed by atoms with Gasteiger partial charge in [-0.25, -0.2) is 0 Å². The molecule has 5 heteroatoms. The molecular formula is C20H19N3O2. The summed E-state index contributed by atoms with van der Waals surface area (Å²) in [7, 11) is 1.85. The third-order valence-corrected chi connectivity index (χ3v) is 4.44. The summed E-state index contributed by atoms with van der Waals surface area (Å²) in [5, 5.41) is 7.35. The van der Waals surface area contributed by atoms with Crippen LogP contribution in [-0.4, -0.2) is 28.3 Å². The number of benzene rings is 2. The van der Waals surface area contributed by atoms with Crippen LogP contribution in [0.25, 0.3) is 11.3 Å². The van der Waals surface area contributed by atoms with Gasteiger partial charge in [-0.2, -0.15) is 5.10 Å². The van der Waals surface area contributed by atoms with Crippen LogP contribution in [0.5, 0.6) is 5.75 Å². The van der Waals surface area contributed by atoms with Gasteiger partial charge >= 0.3 is 0 Å². The van der Waals surface area contributed by atoms with E-state index in [1.54, 1.807) is 10.9 Å². The number of aryl methyl sites for hydroxylation is 1. The molecule has 2 heterocycles. The predicted molar refractivity (Wildman–Crippen MR) is 95.5 cm³/mol. The maximum Gasteiger partial charge on any atom is 0.255 e. The summed E-state index contributed by atoms with van der Waals surface area (Å²) in [6.07, 6.45) is 2.39. The number of fused-ring (bicyclic) bond motifs is 1. The molecule has 0 saturated carbocycles. The highest BCUT2D eigenvalue weighted by atomic mass is 16.5. The lowest BCUT2D eigenvalue weighted by molar-refractivity contribution is 0.0916. The molecule has 0 saturated heterocycles. The summed E-state index contributed by atoms with van der Waals surface area (Å²) in [5.41, 5.74) is 3.48.